The fourth-order valence-corrected chi connectivity index (χ4v) is 7.01. The van der Waals surface area contributed by atoms with Gasteiger partial charge in [0.15, 0.2) is 0 Å². The van der Waals surface area contributed by atoms with Crippen LogP contribution in [0.15, 0.2) is 77.5 Å². The Balaban J connectivity index is 1.57. The first-order valence-electron chi connectivity index (χ1n) is 12.7. The Bertz CT molecular complexity index is 1730. The molecule has 0 saturated carbocycles. The van der Waals surface area contributed by atoms with Gasteiger partial charge in [0.25, 0.3) is 0 Å². The number of hydrogen-bond acceptors (Lipinski definition) is 3. The molecule has 0 aliphatic carbocycles. The zero-order chi connectivity index (χ0) is 25.0. The summed E-state index contributed by atoms with van der Waals surface area (Å²) in [6.07, 6.45) is 1.12. The molecule has 1 nitrogen and oxygen atoms in total. The lowest BCUT2D eigenvalue weighted by Gasteiger charge is -2.23. The van der Waals surface area contributed by atoms with Crippen LogP contribution in [0, 0.1) is 5.92 Å². The maximum Gasteiger partial charge on any atom is 0.124 e. The summed E-state index contributed by atoms with van der Waals surface area (Å²) in [5.41, 5.74) is 7.65. The highest BCUT2D eigenvalue weighted by molar-refractivity contribution is 7.17. The smallest absolute Gasteiger partial charge is 0.124 e. The van der Waals surface area contributed by atoms with E-state index in [1.54, 1.807) is 11.3 Å². The van der Waals surface area contributed by atoms with Crippen LogP contribution < -0.4 is 0 Å². The molecule has 180 valence electrons. The third kappa shape index (κ3) is 4.15. The van der Waals surface area contributed by atoms with Crippen LogP contribution in [0.1, 0.15) is 45.7 Å². The zero-order valence-electron chi connectivity index (χ0n) is 21.6. The van der Waals surface area contributed by atoms with Crippen molar-refractivity contribution in [1.82, 2.24) is 4.98 Å². The first kappa shape index (κ1) is 23.4. The van der Waals surface area contributed by atoms with Crippen molar-refractivity contribution in [3.05, 3.63) is 88.6 Å². The van der Waals surface area contributed by atoms with Crippen molar-refractivity contribution >= 4 is 53.7 Å². The lowest BCUT2D eigenvalue weighted by molar-refractivity contribution is 0.596. The number of fused-ring (bicyclic) bond motifs is 3. The maximum absolute atomic E-state index is 5.15. The van der Waals surface area contributed by atoms with Gasteiger partial charge in [0.05, 0.1) is 5.69 Å². The van der Waals surface area contributed by atoms with Crippen LogP contribution in [0.2, 0.25) is 0 Å². The van der Waals surface area contributed by atoms with Crippen molar-refractivity contribution < 1.29 is 0 Å². The van der Waals surface area contributed by atoms with E-state index in [1.807, 2.05) is 11.3 Å². The van der Waals surface area contributed by atoms with Gasteiger partial charge in [0.1, 0.15) is 4.83 Å². The molecular weight excluding hydrogens is 475 g/mol. The number of hydrogen-bond donors (Lipinski definition) is 0. The Hall–Kier alpha value is -3.01. The predicted molar refractivity (Wildman–Crippen MR) is 161 cm³/mol. The average Bonchev–Trinajstić information content (AvgIpc) is 3.48. The van der Waals surface area contributed by atoms with Gasteiger partial charge in [0, 0.05) is 15.6 Å². The van der Waals surface area contributed by atoms with Crippen LogP contribution in [-0.4, -0.2) is 4.98 Å². The Labute approximate surface area is 221 Å². The quantitative estimate of drug-likeness (QED) is 0.232. The van der Waals surface area contributed by atoms with Crippen LogP contribution in [0.5, 0.6) is 0 Å². The molecule has 0 aliphatic heterocycles. The second-order valence-electron chi connectivity index (χ2n) is 11.3. The number of nitrogens with zero attached hydrogens (tertiary/aromatic N) is 1. The van der Waals surface area contributed by atoms with Crippen molar-refractivity contribution in [1.29, 1.82) is 0 Å². The lowest BCUT2D eigenvalue weighted by Crippen LogP contribution is -2.12. The molecule has 0 bridgehead atoms. The summed E-state index contributed by atoms with van der Waals surface area (Å²) in [4.78, 5) is 6.25. The minimum Gasteiger partial charge on any atom is -0.237 e. The largest absolute Gasteiger partial charge is 0.237 e. The molecule has 3 aromatic heterocycles. The molecule has 36 heavy (non-hydrogen) atoms. The molecule has 0 radical (unpaired) electrons. The van der Waals surface area contributed by atoms with Crippen molar-refractivity contribution in [2.24, 2.45) is 5.92 Å². The third-order valence-corrected chi connectivity index (χ3v) is 8.82. The monoisotopic (exact) mass is 505 g/mol. The normalized spacial score (nSPS) is 12.4. The average molecular weight is 506 g/mol. The van der Waals surface area contributed by atoms with E-state index >= 15 is 0 Å². The van der Waals surface area contributed by atoms with Gasteiger partial charge >= 0.3 is 0 Å². The molecule has 0 saturated heterocycles. The van der Waals surface area contributed by atoms with Gasteiger partial charge in [-0.2, -0.15) is 0 Å². The predicted octanol–water partition coefficient (Wildman–Crippen LogP) is 10.5. The standard InChI is InChI=1S/C33H31NS2/c1-20(2)14-24-19-36-31-11-10-22(16-28(24)31)27-18-30(34-32-26(27)12-13-35-32)23-15-21-8-6-7-9-25(21)29(17-23)33(3,4)5/h6-13,15-20H,14H2,1-5H3. The molecule has 6 aromatic rings. The van der Waals surface area contributed by atoms with E-state index in [1.165, 1.54) is 54.1 Å². The summed E-state index contributed by atoms with van der Waals surface area (Å²) in [5.74, 6) is 0.646. The molecule has 0 aliphatic rings. The van der Waals surface area contributed by atoms with Crippen molar-refractivity contribution in [2.45, 2.75) is 46.5 Å². The lowest BCUT2D eigenvalue weighted by atomic mass is 9.82. The molecule has 3 aromatic carbocycles. The highest BCUT2D eigenvalue weighted by Crippen LogP contribution is 2.40. The Morgan fingerprint density at radius 1 is 0.806 bits per heavy atom. The zero-order valence-corrected chi connectivity index (χ0v) is 23.2. The second-order valence-corrected chi connectivity index (χ2v) is 13.1. The minimum absolute atomic E-state index is 0.0439. The van der Waals surface area contributed by atoms with E-state index in [4.69, 9.17) is 4.98 Å². The maximum atomic E-state index is 5.15. The Morgan fingerprint density at radius 2 is 1.64 bits per heavy atom. The number of pyridine rings is 1. The van der Waals surface area contributed by atoms with E-state index in [-0.39, 0.29) is 5.41 Å². The number of aromatic nitrogens is 1. The van der Waals surface area contributed by atoms with Crippen LogP contribution in [0.3, 0.4) is 0 Å². The summed E-state index contributed by atoms with van der Waals surface area (Å²) in [6, 6.07) is 24.9. The van der Waals surface area contributed by atoms with Crippen molar-refractivity contribution in [3.8, 4) is 22.4 Å². The molecule has 6 rings (SSSR count). The first-order chi connectivity index (χ1) is 17.3. The van der Waals surface area contributed by atoms with E-state index < -0.39 is 0 Å². The first-order valence-corrected chi connectivity index (χ1v) is 14.5. The summed E-state index contributed by atoms with van der Waals surface area (Å²) in [6.45, 7) is 11.5. The number of benzene rings is 3. The van der Waals surface area contributed by atoms with Gasteiger partial charge < -0.3 is 0 Å². The van der Waals surface area contributed by atoms with Crippen molar-refractivity contribution in [2.75, 3.05) is 0 Å². The molecular formula is C33H31NS2. The van der Waals surface area contributed by atoms with Gasteiger partial charge in [-0.05, 0) is 103 Å². The van der Waals surface area contributed by atoms with Gasteiger partial charge in [-0.15, -0.1) is 22.7 Å². The van der Waals surface area contributed by atoms with E-state index in [0.717, 1.165) is 16.9 Å². The van der Waals surface area contributed by atoms with Crippen molar-refractivity contribution in [3.63, 3.8) is 0 Å². The van der Waals surface area contributed by atoms with Gasteiger partial charge in [-0.3, -0.25) is 0 Å². The fourth-order valence-electron chi connectivity index (χ4n) is 5.26. The van der Waals surface area contributed by atoms with Crippen LogP contribution in [0.25, 0.3) is 53.5 Å². The molecule has 0 amide bonds. The van der Waals surface area contributed by atoms with E-state index in [2.05, 4.69) is 112 Å². The molecule has 3 heteroatoms. The molecule has 0 unspecified atom stereocenters. The second kappa shape index (κ2) is 8.83. The van der Waals surface area contributed by atoms with Gasteiger partial charge in [-0.25, -0.2) is 4.98 Å². The summed E-state index contributed by atoms with van der Waals surface area (Å²) >= 11 is 3.59. The molecule has 3 heterocycles. The third-order valence-electron chi connectivity index (χ3n) is 7.00. The van der Waals surface area contributed by atoms with Gasteiger partial charge in [-0.1, -0.05) is 65.0 Å². The fraction of sp³-hybridized carbons (Fsp3) is 0.242. The number of rotatable bonds is 4. The summed E-state index contributed by atoms with van der Waals surface area (Å²) < 4.78 is 1.37. The Kier molecular flexibility index (Phi) is 5.74. The summed E-state index contributed by atoms with van der Waals surface area (Å²) in [5, 5.41) is 9.74. The molecule has 0 spiro atoms. The van der Waals surface area contributed by atoms with Crippen LogP contribution in [0.4, 0.5) is 0 Å². The molecule has 0 atom stereocenters. The highest BCUT2D eigenvalue weighted by Gasteiger charge is 2.20. The topological polar surface area (TPSA) is 12.9 Å². The molecule has 0 N–H and O–H groups in total. The minimum atomic E-state index is 0.0439. The van der Waals surface area contributed by atoms with E-state index in [0.29, 0.717) is 5.92 Å². The molecule has 0 fully saturated rings. The van der Waals surface area contributed by atoms with Crippen LogP contribution in [-0.2, 0) is 11.8 Å². The summed E-state index contributed by atoms with van der Waals surface area (Å²) in [7, 11) is 0. The Morgan fingerprint density at radius 3 is 2.44 bits per heavy atom. The SMILES string of the molecule is CC(C)Cc1csc2ccc(-c3cc(-c4cc(C(C)(C)C)c5ccccc5c4)nc4sccc34)cc12. The van der Waals surface area contributed by atoms with E-state index in [9.17, 15) is 0 Å². The van der Waals surface area contributed by atoms with Gasteiger partial charge in [0.2, 0.25) is 0 Å². The highest BCUT2D eigenvalue weighted by atomic mass is 32.1. The van der Waals surface area contributed by atoms with Crippen LogP contribution >= 0.6 is 22.7 Å². The number of thiophene rings is 2.